The number of rotatable bonds is 2. The number of hydrogen-bond acceptors (Lipinski definition) is 3. The second-order valence-corrected chi connectivity index (χ2v) is 7.72. The van der Waals surface area contributed by atoms with Crippen LogP contribution in [-0.2, 0) is 4.79 Å². The Morgan fingerprint density at radius 2 is 1.78 bits per heavy atom. The van der Waals surface area contributed by atoms with Crippen LogP contribution < -0.4 is 5.32 Å². The van der Waals surface area contributed by atoms with Crippen molar-refractivity contribution in [3.63, 3.8) is 0 Å². The van der Waals surface area contributed by atoms with Gasteiger partial charge in [0.05, 0.1) is 5.92 Å². The van der Waals surface area contributed by atoms with E-state index < -0.39 is 0 Å². The molecule has 0 aliphatic carbocycles. The maximum atomic E-state index is 13.2. The Balaban J connectivity index is 0.00000210. The van der Waals surface area contributed by atoms with Gasteiger partial charge < -0.3 is 15.1 Å². The molecular weight excluding hydrogens is 369 g/mol. The first-order valence-electron chi connectivity index (χ1n) is 9.71. The van der Waals surface area contributed by atoms with Crippen LogP contribution in [0.5, 0.6) is 0 Å². The predicted octanol–water partition coefficient (Wildman–Crippen LogP) is 2.45. The number of halogens is 2. The number of piperidine rings is 1. The van der Waals surface area contributed by atoms with Crippen LogP contribution in [0.1, 0.15) is 42.5 Å². The van der Waals surface area contributed by atoms with Gasteiger partial charge in [0.25, 0.3) is 5.91 Å². The van der Waals surface area contributed by atoms with Crippen LogP contribution in [0, 0.1) is 11.7 Å². The van der Waals surface area contributed by atoms with E-state index >= 15 is 0 Å². The first-order valence-corrected chi connectivity index (χ1v) is 9.71. The smallest absolute Gasteiger partial charge is 0.253 e. The highest BCUT2D eigenvalue weighted by molar-refractivity contribution is 5.94. The van der Waals surface area contributed by atoms with E-state index in [4.69, 9.17) is 0 Å². The SMILES string of the molecule is Cl.O=C(c1ccc(F)cc1)N1CCCC(C(=O)N2C3CCNCC2CC3)C1. The molecule has 5 nitrogen and oxygen atoms in total. The normalized spacial score (nSPS) is 27.7. The lowest BCUT2D eigenvalue weighted by Gasteiger charge is -2.37. The summed E-state index contributed by atoms with van der Waals surface area (Å²) in [5.41, 5.74) is 0.485. The molecule has 4 rings (SSSR count). The van der Waals surface area contributed by atoms with Crippen molar-refractivity contribution in [2.75, 3.05) is 26.2 Å². The maximum absolute atomic E-state index is 13.2. The van der Waals surface area contributed by atoms with E-state index in [0.717, 1.165) is 45.2 Å². The van der Waals surface area contributed by atoms with E-state index in [1.807, 2.05) is 0 Å². The molecular formula is C20H27ClFN3O2. The van der Waals surface area contributed by atoms with Crippen LogP contribution in [-0.4, -0.2) is 59.9 Å². The number of carbonyl (C=O) groups excluding carboxylic acids is 2. The predicted molar refractivity (Wildman–Crippen MR) is 103 cm³/mol. The highest BCUT2D eigenvalue weighted by Gasteiger charge is 2.41. The molecule has 1 aromatic rings. The third-order valence-electron chi connectivity index (χ3n) is 6.06. The monoisotopic (exact) mass is 395 g/mol. The molecule has 3 heterocycles. The van der Waals surface area contributed by atoms with Crippen LogP contribution in [0.3, 0.4) is 0 Å². The summed E-state index contributed by atoms with van der Waals surface area (Å²) in [5.74, 6) is -0.353. The molecule has 3 fully saturated rings. The fraction of sp³-hybridized carbons (Fsp3) is 0.600. The molecule has 3 aliphatic rings. The van der Waals surface area contributed by atoms with Crippen molar-refractivity contribution < 1.29 is 14.0 Å². The standard InChI is InChI=1S/C20H26FN3O2.ClH/c21-16-5-3-14(4-6-16)19(25)23-11-1-2-15(13-23)20(26)24-17-7-8-18(24)12-22-10-9-17;/h3-6,15,17-18,22H,1-2,7-13H2;1H. The number of fused-ring (bicyclic) bond motifs is 2. The second-order valence-electron chi connectivity index (χ2n) is 7.72. The van der Waals surface area contributed by atoms with Gasteiger partial charge in [0.2, 0.25) is 5.91 Å². The van der Waals surface area contributed by atoms with Gasteiger partial charge in [0.15, 0.2) is 0 Å². The molecule has 148 valence electrons. The van der Waals surface area contributed by atoms with Gasteiger partial charge in [0, 0.05) is 37.3 Å². The average Bonchev–Trinajstić information content (AvgIpc) is 2.94. The molecule has 0 aromatic heterocycles. The molecule has 1 N–H and O–H groups in total. The summed E-state index contributed by atoms with van der Waals surface area (Å²) in [6.45, 7) is 2.99. The summed E-state index contributed by atoms with van der Waals surface area (Å²) in [6, 6.07) is 6.31. The van der Waals surface area contributed by atoms with Gasteiger partial charge in [0.1, 0.15) is 5.82 Å². The van der Waals surface area contributed by atoms with Gasteiger partial charge in [-0.3, -0.25) is 9.59 Å². The molecule has 2 bridgehead atoms. The Morgan fingerprint density at radius 1 is 1.04 bits per heavy atom. The summed E-state index contributed by atoms with van der Waals surface area (Å²) in [7, 11) is 0. The zero-order valence-corrected chi connectivity index (χ0v) is 16.2. The number of nitrogens with one attached hydrogen (secondary N) is 1. The number of amides is 2. The summed E-state index contributed by atoms with van der Waals surface area (Å²) in [5, 5.41) is 3.43. The van der Waals surface area contributed by atoms with Crippen molar-refractivity contribution in [3.05, 3.63) is 35.6 Å². The molecule has 1 aromatic carbocycles. The first kappa shape index (κ1) is 20.1. The number of hydrogen-bond donors (Lipinski definition) is 1. The Morgan fingerprint density at radius 3 is 2.56 bits per heavy atom. The van der Waals surface area contributed by atoms with Crippen LogP contribution >= 0.6 is 12.4 Å². The summed E-state index contributed by atoms with van der Waals surface area (Å²) in [4.78, 5) is 29.8. The third-order valence-corrected chi connectivity index (χ3v) is 6.06. The topological polar surface area (TPSA) is 52.7 Å². The number of benzene rings is 1. The van der Waals surface area contributed by atoms with Gasteiger partial charge in [-0.25, -0.2) is 4.39 Å². The number of nitrogens with zero attached hydrogens (tertiary/aromatic N) is 2. The van der Waals surface area contributed by atoms with E-state index in [0.29, 0.717) is 30.7 Å². The van der Waals surface area contributed by atoms with E-state index in [1.54, 1.807) is 4.90 Å². The molecule has 2 amide bonds. The molecule has 3 atom stereocenters. The highest BCUT2D eigenvalue weighted by Crippen LogP contribution is 2.31. The lowest BCUT2D eigenvalue weighted by molar-refractivity contribution is -0.139. The van der Waals surface area contributed by atoms with Gasteiger partial charge in [-0.2, -0.15) is 0 Å². The average molecular weight is 396 g/mol. The minimum absolute atomic E-state index is 0. The van der Waals surface area contributed by atoms with Crippen molar-refractivity contribution in [3.8, 4) is 0 Å². The lowest BCUT2D eigenvalue weighted by atomic mass is 9.95. The molecule has 7 heteroatoms. The van der Waals surface area contributed by atoms with Gasteiger partial charge >= 0.3 is 0 Å². The number of likely N-dealkylation sites (tertiary alicyclic amines) is 1. The van der Waals surface area contributed by atoms with Gasteiger partial charge in [-0.1, -0.05) is 0 Å². The molecule has 0 saturated carbocycles. The van der Waals surface area contributed by atoms with Crippen molar-refractivity contribution in [2.24, 2.45) is 5.92 Å². The Bertz CT molecular complexity index is 670. The van der Waals surface area contributed by atoms with E-state index in [2.05, 4.69) is 10.2 Å². The maximum Gasteiger partial charge on any atom is 0.253 e. The molecule has 27 heavy (non-hydrogen) atoms. The Kier molecular flexibility index (Phi) is 6.37. The van der Waals surface area contributed by atoms with Crippen LogP contribution in [0.2, 0.25) is 0 Å². The zero-order chi connectivity index (χ0) is 18.1. The van der Waals surface area contributed by atoms with Crippen LogP contribution in [0.15, 0.2) is 24.3 Å². The van der Waals surface area contributed by atoms with E-state index in [-0.39, 0.29) is 36.0 Å². The van der Waals surface area contributed by atoms with E-state index in [1.165, 1.54) is 24.3 Å². The fourth-order valence-corrected chi connectivity index (χ4v) is 4.69. The molecule has 3 aliphatic heterocycles. The first-order chi connectivity index (χ1) is 12.6. The Hall–Kier alpha value is -1.66. The van der Waals surface area contributed by atoms with Crippen molar-refractivity contribution in [2.45, 2.75) is 44.2 Å². The third kappa shape index (κ3) is 4.11. The summed E-state index contributed by atoms with van der Waals surface area (Å²) >= 11 is 0. The second kappa shape index (κ2) is 8.57. The van der Waals surface area contributed by atoms with Crippen molar-refractivity contribution >= 4 is 24.2 Å². The molecule has 0 radical (unpaired) electrons. The molecule has 3 saturated heterocycles. The van der Waals surface area contributed by atoms with Gasteiger partial charge in [-0.05, 0) is 62.9 Å². The van der Waals surface area contributed by atoms with Gasteiger partial charge in [-0.15, -0.1) is 12.4 Å². The highest BCUT2D eigenvalue weighted by atomic mass is 35.5. The van der Waals surface area contributed by atoms with Crippen molar-refractivity contribution in [1.82, 2.24) is 15.1 Å². The molecule has 3 unspecified atom stereocenters. The largest absolute Gasteiger partial charge is 0.338 e. The molecule has 0 spiro atoms. The zero-order valence-electron chi connectivity index (χ0n) is 15.4. The summed E-state index contributed by atoms with van der Waals surface area (Å²) in [6.07, 6.45) is 4.88. The van der Waals surface area contributed by atoms with Crippen molar-refractivity contribution in [1.29, 1.82) is 0 Å². The number of carbonyl (C=O) groups is 2. The van der Waals surface area contributed by atoms with Crippen LogP contribution in [0.4, 0.5) is 4.39 Å². The van der Waals surface area contributed by atoms with Crippen LogP contribution in [0.25, 0.3) is 0 Å². The lowest BCUT2D eigenvalue weighted by Crippen LogP contribution is -2.50. The fourth-order valence-electron chi connectivity index (χ4n) is 4.69. The minimum Gasteiger partial charge on any atom is -0.338 e. The Labute approximate surface area is 165 Å². The van der Waals surface area contributed by atoms with E-state index in [9.17, 15) is 14.0 Å². The minimum atomic E-state index is -0.349. The quantitative estimate of drug-likeness (QED) is 0.836. The summed E-state index contributed by atoms with van der Waals surface area (Å²) < 4.78 is 13.1.